The van der Waals surface area contributed by atoms with E-state index < -0.39 is 24.7 Å². The summed E-state index contributed by atoms with van der Waals surface area (Å²) in [6, 6.07) is 3.22. The Balaban J connectivity index is 2.61. The molecule has 0 unspecified atom stereocenters. The second kappa shape index (κ2) is 10.6. The highest BCUT2D eigenvalue weighted by Crippen LogP contribution is 2.51. The zero-order chi connectivity index (χ0) is 23.2. The van der Waals surface area contributed by atoms with Crippen molar-refractivity contribution in [2.24, 2.45) is 0 Å². The predicted molar refractivity (Wildman–Crippen MR) is 120 cm³/mol. The average molecular weight is 473 g/mol. The van der Waals surface area contributed by atoms with Crippen LogP contribution < -0.4 is 10.3 Å². The highest BCUT2D eigenvalue weighted by Gasteiger charge is 2.29. The zero-order valence-electron chi connectivity index (χ0n) is 18.7. The number of nitrogens with zero attached hydrogens (tertiary/aromatic N) is 2. The maximum atomic E-state index is 13.3. The van der Waals surface area contributed by atoms with E-state index in [1.54, 1.807) is 37.7 Å². The van der Waals surface area contributed by atoms with Crippen LogP contribution in [-0.4, -0.2) is 53.3 Å². The molecule has 0 saturated carbocycles. The molecule has 0 atom stereocenters. The monoisotopic (exact) mass is 472 g/mol. The second-order valence-corrected chi connectivity index (χ2v) is 10.2. The van der Waals surface area contributed by atoms with Gasteiger partial charge in [-0.05, 0) is 45.6 Å². The normalized spacial score (nSPS) is 12.2. The van der Waals surface area contributed by atoms with Gasteiger partial charge >= 0.3 is 19.1 Å². The first-order valence-electron chi connectivity index (χ1n) is 9.79. The molecule has 0 aliphatic rings. The van der Waals surface area contributed by atoms with Gasteiger partial charge in [0.25, 0.3) is 0 Å². The number of thioether (sulfide) groups is 1. The Bertz CT molecular complexity index is 1030. The average Bonchev–Trinajstić information content (AvgIpc) is 2.69. The molecule has 9 nitrogen and oxygen atoms in total. The molecule has 2 aromatic heterocycles. The van der Waals surface area contributed by atoms with Gasteiger partial charge < -0.3 is 18.5 Å². The van der Waals surface area contributed by atoms with Crippen molar-refractivity contribution in [1.82, 2.24) is 9.38 Å². The third-order valence-corrected chi connectivity index (χ3v) is 7.16. The van der Waals surface area contributed by atoms with Crippen LogP contribution in [0.2, 0.25) is 0 Å². The molecular formula is C20H29N2O7PS. The number of hydrogen-bond donors (Lipinski definition) is 0. The molecule has 0 aliphatic heterocycles. The van der Waals surface area contributed by atoms with Gasteiger partial charge in [-0.1, -0.05) is 6.07 Å². The Morgan fingerprint density at radius 2 is 1.87 bits per heavy atom. The first kappa shape index (κ1) is 25.4. The van der Waals surface area contributed by atoms with Gasteiger partial charge in [-0.2, -0.15) is 11.8 Å². The highest BCUT2D eigenvalue weighted by molar-refractivity contribution is 7.98. The maximum Gasteiger partial charge on any atom is 0.360 e. The van der Waals surface area contributed by atoms with Crippen molar-refractivity contribution in [3.63, 3.8) is 0 Å². The van der Waals surface area contributed by atoms with Gasteiger partial charge in [0, 0.05) is 11.9 Å². The Kier molecular flexibility index (Phi) is 8.71. The first-order valence-corrected chi connectivity index (χ1v) is 12.9. The van der Waals surface area contributed by atoms with Gasteiger partial charge in [0.05, 0.1) is 26.5 Å². The number of hydrogen-bond acceptors (Lipinski definition) is 9. The van der Waals surface area contributed by atoms with Crippen molar-refractivity contribution < 1.29 is 27.9 Å². The standard InChI is InChI=1S/C20H29N2O7PS/c1-7-27-30(25,28-8-2)12-14-9-10-15-21-16(19(24)26-5)17(18(23)22(15)11-14)29-20(3,4)13-31-6/h9-11H,7-8,12-13H2,1-6H3. The van der Waals surface area contributed by atoms with E-state index in [-0.39, 0.29) is 36.5 Å². The Morgan fingerprint density at radius 1 is 1.23 bits per heavy atom. The molecule has 0 radical (unpaired) electrons. The summed E-state index contributed by atoms with van der Waals surface area (Å²) in [4.78, 5) is 29.8. The molecule has 2 heterocycles. The van der Waals surface area contributed by atoms with Crippen molar-refractivity contribution in [2.75, 3.05) is 32.3 Å². The third kappa shape index (κ3) is 6.32. The fourth-order valence-corrected chi connectivity index (χ4v) is 5.42. The number of fused-ring (bicyclic) bond motifs is 1. The van der Waals surface area contributed by atoms with Crippen LogP contribution in [0, 0.1) is 0 Å². The molecule has 2 rings (SSSR count). The predicted octanol–water partition coefficient (Wildman–Crippen LogP) is 3.77. The van der Waals surface area contributed by atoms with Gasteiger partial charge in [-0.25, -0.2) is 9.78 Å². The molecule has 0 fully saturated rings. The summed E-state index contributed by atoms with van der Waals surface area (Å²) in [6.45, 7) is 7.56. The summed E-state index contributed by atoms with van der Waals surface area (Å²) in [5, 5.41) is 0. The van der Waals surface area contributed by atoms with E-state index in [0.29, 0.717) is 11.3 Å². The van der Waals surface area contributed by atoms with Crippen molar-refractivity contribution >= 4 is 31.0 Å². The van der Waals surface area contributed by atoms with E-state index in [1.807, 2.05) is 20.1 Å². The molecule has 0 amide bonds. The number of rotatable bonds is 11. The lowest BCUT2D eigenvalue weighted by Gasteiger charge is -2.26. The van der Waals surface area contributed by atoms with Crippen molar-refractivity contribution in [3.05, 3.63) is 39.9 Å². The van der Waals surface area contributed by atoms with Gasteiger partial charge in [-0.15, -0.1) is 0 Å². The number of methoxy groups -OCH3 is 1. The van der Waals surface area contributed by atoms with Gasteiger partial charge in [0.1, 0.15) is 11.2 Å². The largest absolute Gasteiger partial charge is 0.479 e. The molecular weight excluding hydrogens is 443 g/mol. The van der Waals surface area contributed by atoms with E-state index in [0.717, 1.165) is 0 Å². The molecule has 11 heteroatoms. The second-order valence-electron chi connectivity index (χ2n) is 7.25. The van der Waals surface area contributed by atoms with Crippen LogP contribution in [-0.2, 0) is 24.5 Å². The van der Waals surface area contributed by atoms with Crippen molar-refractivity contribution in [2.45, 2.75) is 39.5 Å². The molecule has 0 aromatic carbocycles. The summed E-state index contributed by atoms with van der Waals surface area (Å²) in [5.41, 5.74) is -0.699. The summed E-state index contributed by atoms with van der Waals surface area (Å²) in [6.07, 6.45) is 3.41. The smallest absolute Gasteiger partial charge is 0.360 e. The molecule has 31 heavy (non-hydrogen) atoms. The van der Waals surface area contributed by atoms with E-state index >= 15 is 0 Å². The van der Waals surface area contributed by atoms with Crippen molar-refractivity contribution in [3.8, 4) is 5.75 Å². The maximum absolute atomic E-state index is 13.3. The van der Waals surface area contributed by atoms with Crippen LogP contribution in [0.5, 0.6) is 5.75 Å². The highest BCUT2D eigenvalue weighted by atomic mass is 32.2. The first-order chi connectivity index (χ1) is 14.6. The minimum atomic E-state index is -3.36. The van der Waals surface area contributed by atoms with E-state index in [1.165, 1.54) is 17.7 Å². The van der Waals surface area contributed by atoms with Crippen LogP contribution in [0.4, 0.5) is 0 Å². The van der Waals surface area contributed by atoms with Crippen LogP contribution in [0.1, 0.15) is 43.7 Å². The number of carbonyl (C=O) groups excluding carboxylic acids is 1. The topological polar surface area (TPSA) is 105 Å². The van der Waals surface area contributed by atoms with Gasteiger partial charge in [-0.3, -0.25) is 13.8 Å². The third-order valence-electron chi connectivity index (χ3n) is 4.12. The number of aromatic nitrogens is 2. The van der Waals surface area contributed by atoms with Gasteiger partial charge in [0.15, 0.2) is 5.69 Å². The fraction of sp³-hybridized carbons (Fsp3) is 0.550. The quantitative estimate of drug-likeness (QED) is 0.357. The van der Waals surface area contributed by atoms with Gasteiger partial charge in [0.2, 0.25) is 5.75 Å². The van der Waals surface area contributed by atoms with E-state index in [9.17, 15) is 14.2 Å². The Hall–Kier alpha value is -1.87. The summed E-state index contributed by atoms with van der Waals surface area (Å²) < 4.78 is 35.5. The van der Waals surface area contributed by atoms with Crippen LogP contribution in [0.15, 0.2) is 23.1 Å². The Labute approximate surface area is 186 Å². The van der Waals surface area contributed by atoms with Crippen LogP contribution >= 0.6 is 19.4 Å². The molecule has 0 N–H and O–H groups in total. The minimum Gasteiger partial charge on any atom is -0.479 e. The lowest BCUT2D eigenvalue weighted by molar-refractivity contribution is 0.0577. The minimum absolute atomic E-state index is 0.00995. The summed E-state index contributed by atoms with van der Waals surface area (Å²) in [5.74, 6) is -0.379. The summed E-state index contributed by atoms with van der Waals surface area (Å²) >= 11 is 1.55. The lowest BCUT2D eigenvalue weighted by atomic mass is 10.2. The summed E-state index contributed by atoms with van der Waals surface area (Å²) in [7, 11) is -2.15. The van der Waals surface area contributed by atoms with Crippen LogP contribution in [0.25, 0.3) is 5.65 Å². The zero-order valence-corrected chi connectivity index (χ0v) is 20.4. The van der Waals surface area contributed by atoms with E-state index in [4.69, 9.17) is 18.5 Å². The lowest BCUT2D eigenvalue weighted by Crippen LogP contribution is -2.35. The molecule has 0 aliphatic carbocycles. The Morgan fingerprint density at radius 3 is 2.42 bits per heavy atom. The van der Waals surface area contributed by atoms with E-state index in [2.05, 4.69) is 4.98 Å². The number of carbonyl (C=O) groups is 1. The molecule has 0 spiro atoms. The fourth-order valence-electron chi connectivity index (χ4n) is 2.99. The molecule has 0 bridgehead atoms. The number of pyridine rings is 1. The molecule has 172 valence electrons. The number of esters is 1. The van der Waals surface area contributed by atoms with Crippen LogP contribution in [0.3, 0.4) is 0 Å². The SMILES string of the molecule is CCOP(=O)(Cc1ccc2nc(C(=O)OC)c(OC(C)(C)CSC)c(=O)n2c1)OCC. The number of ether oxygens (including phenoxy) is 2. The molecule has 2 aromatic rings. The van der Waals surface area contributed by atoms with Crippen molar-refractivity contribution in [1.29, 1.82) is 0 Å². The molecule has 0 saturated heterocycles.